The van der Waals surface area contributed by atoms with Crippen molar-refractivity contribution in [3.8, 4) is 0 Å². The first-order chi connectivity index (χ1) is 8.75. The Morgan fingerprint density at radius 3 is 2.11 bits per heavy atom. The Morgan fingerprint density at radius 1 is 1.00 bits per heavy atom. The SMILES string of the molecule is CC(=O)[C@]1(c2ccccc2)O[C@@H]1c1ccccc1. The van der Waals surface area contributed by atoms with E-state index in [1.165, 1.54) is 0 Å². The van der Waals surface area contributed by atoms with Crippen LogP contribution in [0.1, 0.15) is 24.2 Å². The number of ether oxygens (including phenoxy) is 1. The summed E-state index contributed by atoms with van der Waals surface area (Å²) >= 11 is 0. The number of ketones is 1. The van der Waals surface area contributed by atoms with Crippen molar-refractivity contribution >= 4 is 5.78 Å². The van der Waals surface area contributed by atoms with E-state index in [0.717, 1.165) is 11.1 Å². The van der Waals surface area contributed by atoms with Gasteiger partial charge in [0.2, 0.25) is 0 Å². The Hall–Kier alpha value is -1.93. The highest BCUT2D eigenvalue weighted by atomic mass is 16.6. The van der Waals surface area contributed by atoms with Crippen LogP contribution >= 0.6 is 0 Å². The lowest BCUT2D eigenvalue weighted by molar-refractivity contribution is -0.122. The largest absolute Gasteiger partial charge is 0.347 e. The Morgan fingerprint density at radius 2 is 1.56 bits per heavy atom. The van der Waals surface area contributed by atoms with Crippen LogP contribution in [-0.2, 0) is 15.1 Å². The van der Waals surface area contributed by atoms with Crippen LogP contribution in [0.2, 0.25) is 0 Å². The van der Waals surface area contributed by atoms with E-state index in [9.17, 15) is 4.79 Å². The molecule has 2 heteroatoms. The van der Waals surface area contributed by atoms with Crippen molar-refractivity contribution in [2.24, 2.45) is 0 Å². The molecule has 1 fully saturated rings. The van der Waals surface area contributed by atoms with Crippen LogP contribution in [0.15, 0.2) is 60.7 Å². The van der Waals surface area contributed by atoms with Crippen molar-refractivity contribution in [1.29, 1.82) is 0 Å². The maximum Gasteiger partial charge on any atom is 0.182 e. The number of rotatable bonds is 3. The monoisotopic (exact) mass is 238 g/mol. The molecule has 0 bridgehead atoms. The fourth-order valence-electron chi connectivity index (χ4n) is 2.46. The minimum Gasteiger partial charge on any atom is -0.347 e. The molecule has 2 atom stereocenters. The molecule has 3 rings (SSSR count). The van der Waals surface area contributed by atoms with Gasteiger partial charge in [-0.2, -0.15) is 0 Å². The van der Waals surface area contributed by atoms with E-state index in [0.29, 0.717) is 0 Å². The van der Waals surface area contributed by atoms with E-state index in [1.54, 1.807) is 6.92 Å². The van der Waals surface area contributed by atoms with Crippen LogP contribution in [0, 0.1) is 0 Å². The summed E-state index contributed by atoms with van der Waals surface area (Å²) in [6.07, 6.45) is -0.154. The van der Waals surface area contributed by atoms with Gasteiger partial charge in [0.25, 0.3) is 0 Å². The highest BCUT2D eigenvalue weighted by molar-refractivity contribution is 5.90. The lowest BCUT2D eigenvalue weighted by atomic mass is 9.89. The van der Waals surface area contributed by atoms with Crippen molar-refractivity contribution in [3.05, 3.63) is 71.8 Å². The molecular formula is C16H14O2. The van der Waals surface area contributed by atoms with Crippen molar-refractivity contribution in [3.63, 3.8) is 0 Å². The van der Waals surface area contributed by atoms with E-state index in [4.69, 9.17) is 4.74 Å². The van der Waals surface area contributed by atoms with Crippen LogP contribution in [-0.4, -0.2) is 5.78 Å². The fraction of sp³-hybridized carbons (Fsp3) is 0.188. The summed E-state index contributed by atoms with van der Waals surface area (Å²) in [7, 11) is 0. The molecule has 90 valence electrons. The zero-order valence-corrected chi connectivity index (χ0v) is 10.2. The molecule has 2 aromatic rings. The molecule has 18 heavy (non-hydrogen) atoms. The summed E-state index contributed by atoms with van der Waals surface area (Å²) in [5.41, 5.74) is 1.21. The zero-order chi connectivity index (χ0) is 12.6. The van der Waals surface area contributed by atoms with Gasteiger partial charge in [-0.3, -0.25) is 4.79 Å². The van der Waals surface area contributed by atoms with E-state index >= 15 is 0 Å². The van der Waals surface area contributed by atoms with E-state index in [-0.39, 0.29) is 11.9 Å². The maximum absolute atomic E-state index is 12.0. The van der Waals surface area contributed by atoms with E-state index in [2.05, 4.69) is 0 Å². The minimum atomic E-state index is -0.775. The third-order valence-electron chi connectivity index (χ3n) is 3.44. The lowest BCUT2D eigenvalue weighted by Crippen LogP contribution is -2.20. The third kappa shape index (κ3) is 1.57. The first-order valence-corrected chi connectivity index (χ1v) is 6.04. The second-order valence-electron chi connectivity index (χ2n) is 4.57. The summed E-state index contributed by atoms with van der Waals surface area (Å²) in [5.74, 6) is 0.0579. The molecular weight excluding hydrogens is 224 g/mol. The van der Waals surface area contributed by atoms with Gasteiger partial charge in [-0.15, -0.1) is 0 Å². The highest BCUT2D eigenvalue weighted by Gasteiger charge is 2.62. The second-order valence-corrected chi connectivity index (χ2v) is 4.57. The molecule has 1 saturated heterocycles. The predicted molar refractivity (Wildman–Crippen MR) is 69.1 cm³/mol. The molecule has 0 radical (unpaired) electrons. The molecule has 0 amide bonds. The van der Waals surface area contributed by atoms with Crippen LogP contribution in [0.3, 0.4) is 0 Å². The average molecular weight is 238 g/mol. The van der Waals surface area contributed by atoms with E-state index in [1.807, 2.05) is 60.7 Å². The maximum atomic E-state index is 12.0. The number of epoxide rings is 1. The van der Waals surface area contributed by atoms with Gasteiger partial charge in [-0.25, -0.2) is 0 Å². The van der Waals surface area contributed by atoms with Gasteiger partial charge in [0.15, 0.2) is 11.4 Å². The molecule has 1 heterocycles. The summed E-state index contributed by atoms with van der Waals surface area (Å²) in [4.78, 5) is 12.0. The highest BCUT2D eigenvalue weighted by Crippen LogP contribution is 2.57. The van der Waals surface area contributed by atoms with Gasteiger partial charge in [0, 0.05) is 0 Å². The summed E-state index contributed by atoms with van der Waals surface area (Å²) in [6, 6.07) is 19.6. The zero-order valence-electron chi connectivity index (χ0n) is 10.2. The number of carbonyl (C=O) groups is 1. The summed E-state index contributed by atoms with van der Waals surface area (Å²) < 4.78 is 5.79. The number of hydrogen-bond acceptors (Lipinski definition) is 2. The molecule has 1 aliphatic rings. The standard InChI is InChI=1S/C16H14O2/c1-12(17)16(14-10-6-3-7-11-14)15(18-16)13-8-4-2-5-9-13/h2-11,15H,1H3/t15-,16-/m1/s1. The van der Waals surface area contributed by atoms with Gasteiger partial charge in [0.1, 0.15) is 6.10 Å². The van der Waals surface area contributed by atoms with Crippen molar-refractivity contribution in [2.75, 3.05) is 0 Å². The van der Waals surface area contributed by atoms with Crippen molar-refractivity contribution in [2.45, 2.75) is 18.6 Å². The number of carbonyl (C=O) groups excluding carboxylic acids is 1. The molecule has 0 spiro atoms. The van der Waals surface area contributed by atoms with Crippen LogP contribution in [0.25, 0.3) is 0 Å². The molecule has 0 unspecified atom stereocenters. The van der Waals surface area contributed by atoms with Gasteiger partial charge in [-0.05, 0) is 18.1 Å². The second kappa shape index (κ2) is 4.07. The smallest absolute Gasteiger partial charge is 0.182 e. The third-order valence-corrected chi connectivity index (χ3v) is 3.44. The first-order valence-electron chi connectivity index (χ1n) is 6.04. The lowest BCUT2D eigenvalue weighted by Gasteiger charge is -2.09. The summed E-state index contributed by atoms with van der Waals surface area (Å²) in [6.45, 7) is 1.59. The average Bonchev–Trinajstić information content (AvgIpc) is 3.18. The van der Waals surface area contributed by atoms with Gasteiger partial charge in [-0.1, -0.05) is 60.7 Å². The Kier molecular flexibility index (Phi) is 2.53. The number of Topliss-reactive ketones (excluding diaryl/α,β-unsaturated/α-hetero) is 1. The quantitative estimate of drug-likeness (QED) is 0.768. The Labute approximate surface area is 106 Å². The summed E-state index contributed by atoms with van der Waals surface area (Å²) in [5, 5.41) is 0. The predicted octanol–water partition coefficient (Wildman–Crippen LogP) is 3.24. The number of benzene rings is 2. The van der Waals surface area contributed by atoms with Crippen LogP contribution < -0.4 is 0 Å². The molecule has 0 aromatic heterocycles. The molecule has 1 aliphatic heterocycles. The fourth-order valence-corrected chi connectivity index (χ4v) is 2.46. The molecule has 0 saturated carbocycles. The first kappa shape index (κ1) is 11.2. The topological polar surface area (TPSA) is 29.6 Å². The van der Waals surface area contributed by atoms with Crippen LogP contribution in [0.5, 0.6) is 0 Å². The Balaban J connectivity index is 2.01. The van der Waals surface area contributed by atoms with Crippen LogP contribution in [0.4, 0.5) is 0 Å². The van der Waals surface area contributed by atoms with Gasteiger partial charge >= 0.3 is 0 Å². The van der Waals surface area contributed by atoms with Crippen molar-refractivity contribution in [1.82, 2.24) is 0 Å². The van der Waals surface area contributed by atoms with E-state index < -0.39 is 5.60 Å². The molecule has 0 N–H and O–H groups in total. The van der Waals surface area contributed by atoms with Gasteiger partial charge < -0.3 is 4.74 Å². The molecule has 2 nitrogen and oxygen atoms in total. The minimum absolute atomic E-state index is 0.0579. The van der Waals surface area contributed by atoms with Crippen molar-refractivity contribution < 1.29 is 9.53 Å². The molecule has 2 aromatic carbocycles. The van der Waals surface area contributed by atoms with Gasteiger partial charge in [0.05, 0.1) is 0 Å². The number of hydrogen-bond donors (Lipinski definition) is 0. The Bertz CT molecular complexity index is 562. The normalized spacial score (nSPS) is 25.7. The molecule has 0 aliphatic carbocycles.